The molecule has 0 amide bonds. The van der Waals surface area contributed by atoms with Crippen molar-refractivity contribution in [3.05, 3.63) is 94.8 Å². The van der Waals surface area contributed by atoms with Gasteiger partial charge < -0.3 is 9.67 Å². The summed E-state index contributed by atoms with van der Waals surface area (Å²) in [6.07, 6.45) is 0. The van der Waals surface area contributed by atoms with E-state index in [0.717, 1.165) is 29.1 Å². The smallest absolute Gasteiger partial charge is 0.318 e. The summed E-state index contributed by atoms with van der Waals surface area (Å²) in [6.45, 7) is 8.81. The molecule has 3 aromatic rings. The third-order valence-corrected chi connectivity index (χ3v) is 5.61. The number of nitrogens with zero attached hydrogens (tertiary/aromatic N) is 1. The van der Waals surface area contributed by atoms with E-state index in [1.165, 1.54) is 5.56 Å². The number of rotatable bonds is 6. The second kappa shape index (κ2) is 7.43. The highest BCUT2D eigenvalue weighted by atomic mass is 16.4. The molecule has 0 bridgehead atoms. The molecule has 0 saturated heterocycles. The first-order valence-corrected chi connectivity index (χ1v) is 9.39. The van der Waals surface area contributed by atoms with Gasteiger partial charge in [0, 0.05) is 17.9 Å². The van der Waals surface area contributed by atoms with Gasteiger partial charge in [-0.15, -0.1) is 0 Å². The fourth-order valence-electron chi connectivity index (χ4n) is 4.20. The molecule has 3 nitrogen and oxygen atoms in total. The number of aromatic nitrogens is 1. The molecule has 3 rings (SSSR count). The van der Waals surface area contributed by atoms with E-state index in [1.54, 1.807) is 0 Å². The third kappa shape index (κ3) is 3.18. The Bertz CT molecular complexity index is 926. The summed E-state index contributed by atoms with van der Waals surface area (Å²) in [6, 6.07) is 21.9. The molecule has 1 heterocycles. The third-order valence-electron chi connectivity index (χ3n) is 5.61. The fourth-order valence-corrected chi connectivity index (χ4v) is 4.20. The topological polar surface area (TPSA) is 42.2 Å². The van der Waals surface area contributed by atoms with Gasteiger partial charge in [0.25, 0.3) is 0 Å². The van der Waals surface area contributed by atoms with E-state index in [9.17, 15) is 9.90 Å². The SMILES string of the molecule is Cc1cc(C(C(=O)O)(c2ccccc2)C(C)C)c(C)n1Cc1ccccc1. The molecule has 0 aliphatic carbocycles. The van der Waals surface area contributed by atoms with E-state index in [4.69, 9.17) is 0 Å². The van der Waals surface area contributed by atoms with Crippen LogP contribution in [-0.2, 0) is 16.8 Å². The van der Waals surface area contributed by atoms with Gasteiger partial charge in [0.05, 0.1) is 0 Å². The molecule has 1 N–H and O–H groups in total. The average molecular weight is 361 g/mol. The first-order valence-electron chi connectivity index (χ1n) is 9.39. The van der Waals surface area contributed by atoms with Crippen molar-refractivity contribution in [3.8, 4) is 0 Å². The van der Waals surface area contributed by atoms with Gasteiger partial charge in [-0.25, -0.2) is 0 Å². The van der Waals surface area contributed by atoms with Gasteiger partial charge in [0.15, 0.2) is 0 Å². The van der Waals surface area contributed by atoms with Crippen molar-refractivity contribution in [1.82, 2.24) is 4.57 Å². The van der Waals surface area contributed by atoms with Gasteiger partial charge >= 0.3 is 5.97 Å². The number of carboxylic acid groups (broad SMARTS) is 1. The molecule has 1 atom stereocenters. The Morgan fingerprint density at radius 1 is 1.00 bits per heavy atom. The van der Waals surface area contributed by atoms with Crippen LogP contribution in [0.2, 0.25) is 0 Å². The standard InChI is InChI=1S/C24H27NO2/c1-17(2)24(23(26)27,21-13-9-6-10-14-21)22-15-18(3)25(19(22)4)16-20-11-7-5-8-12-20/h5-15,17H,16H2,1-4H3,(H,26,27). The summed E-state index contributed by atoms with van der Waals surface area (Å²) in [5, 5.41) is 10.4. The van der Waals surface area contributed by atoms with E-state index in [1.807, 2.05) is 69.3 Å². The molecule has 2 aromatic carbocycles. The highest BCUT2D eigenvalue weighted by Gasteiger charge is 2.47. The van der Waals surface area contributed by atoms with Crippen LogP contribution < -0.4 is 0 Å². The first-order chi connectivity index (χ1) is 12.9. The van der Waals surface area contributed by atoms with Crippen LogP contribution in [0.15, 0.2) is 66.7 Å². The Hall–Kier alpha value is -2.81. The summed E-state index contributed by atoms with van der Waals surface area (Å²) < 4.78 is 2.22. The van der Waals surface area contributed by atoms with Crippen LogP contribution in [0, 0.1) is 19.8 Å². The monoisotopic (exact) mass is 361 g/mol. The fraction of sp³-hybridized carbons (Fsp3) is 0.292. The molecule has 0 radical (unpaired) electrons. The molecular formula is C24H27NO2. The van der Waals surface area contributed by atoms with Gasteiger partial charge in [-0.1, -0.05) is 74.5 Å². The number of aliphatic carboxylic acids is 1. The lowest BCUT2D eigenvalue weighted by atomic mass is 9.67. The highest BCUT2D eigenvalue weighted by Crippen LogP contribution is 2.42. The lowest BCUT2D eigenvalue weighted by Gasteiger charge is -2.34. The second-order valence-corrected chi connectivity index (χ2v) is 7.49. The normalized spacial score (nSPS) is 13.5. The van der Waals surface area contributed by atoms with E-state index in [0.29, 0.717) is 0 Å². The zero-order chi connectivity index (χ0) is 19.6. The zero-order valence-electron chi connectivity index (χ0n) is 16.4. The lowest BCUT2D eigenvalue weighted by molar-refractivity contribution is -0.143. The number of hydrogen-bond acceptors (Lipinski definition) is 1. The first kappa shape index (κ1) is 19.0. The largest absolute Gasteiger partial charge is 0.480 e. The van der Waals surface area contributed by atoms with Crippen molar-refractivity contribution >= 4 is 5.97 Å². The quantitative estimate of drug-likeness (QED) is 0.657. The van der Waals surface area contributed by atoms with Crippen LogP contribution in [0.4, 0.5) is 0 Å². The van der Waals surface area contributed by atoms with Crippen LogP contribution in [-0.4, -0.2) is 15.6 Å². The van der Waals surface area contributed by atoms with Gasteiger partial charge in [-0.2, -0.15) is 0 Å². The van der Waals surface area contributed by atoms with E-state index < -0.39 is 11.4 Å². The predicted octanol–water partition coefficient (Wildman–Crippen LogP) is 5.18. The average Bonchev–Trinajstić information content (AvgIpc) is 2.92. The van der Waals surface area contributed by atoms with E-state index in [-0.39, 0.29) is 5.92 Å². The van der Waals surface area contributed by atoms with Crippen molar-refractivity contribution in [2.75, 3.05) is 0 Å². The lowest BCUT2D eigenvalue weighted by Crippen LogP contribution is -2.42. The second-order valence-electron chi connectivity index (χ2n) is 7.49. The van der Waals surface area contributed by atoms with Crippen LogP contribution in [0.3, 0.4) is 0 Å². The minimum Gasteiger partial charge on any atom is -0.480 e. The maximum absolute atomic E-state index is 12.7. The Balaban J connectivity index is 2.20. The molecule has 0 aliphatic heterocycles. The Morgan fingerprint density at radius 3 is 2.07 bits per heavy atom. The molecule has 3 heteroatoms. The van der Waals surface area contributed by atoms with Crippen molar-refractivity contribution in [2.24, 2.45) is 5.92 Å². The van der Waals surface area contributed by atoms with Crippen molar-refractivity contribution in [1.29, 1.82) is 0 Å². The summed E-state index contributed by atoms with van der Waals surface area (Å²) in [5.41, 5.74) is 3.93. The molecular weight excluding hydrogens is 334 g/mol. The zero-order valence-corrected chi connectivity index (χ0v) is 16.4. The van der Waals surface area contributed by atoms with Gasteiger partial charge in [-0.05, 0) is 42.5 Å². The van der Waals surface area contributed by atoms with E-state index >= 15 is 0 Å². The predicted molar refractivity (Wildman–Crippen MR) is 109 cm³/mol. The maximum atomic E-state index is 12.7. The molecule has 0 fully saturated rings. The van der Waals surface area contributed by atoms with Gasteiger partial charge in [0.1, 0.15) is 5.41 Å². The number of benzene rings is 2. The number of hydrogen-bond donors (Lipinski definition) is 1. The summed E-state index contributed by atoms with van der Waals surface area (Å²) >= 11 is 0. The number of carboxylic acids is 1. The van der Waals surface area contributed by atoms with Crippen LogP contribution >= 0.6 is 0 Å². The van der Waals surface area contributed by atoms with Crippen LogP contribution in [0.5, 0.6) is 0 Å². The number of aryl methyl sites for hydroxylation is 1. The summed E-state index contributed by atoms with van der Waals surface area (Å²) in [5.74, 6) is -0.897. The van der Waals surface area contributed by atoms with Gasteiger partial charge in [0.2, 0.25) is 0 Å². The Kier molecular flexibility index (Phi) is 5.22. The number of carbonyl (C=O) groups is 1. The molecule has 140 valence electrons. The van der Waals surface area contributed by atoms with Crippen molar-refractivity contribution in [3.63, 3.8) is 0 Å². The summed E-state index contributed by atoms with van der Waals surface area (Å²) in [4.78, 5) is 12.7. The van der Waals surface area contributed by atoms with Crippen LogP contribution in [0.1, 0.15) is 41.9 Å². The highest BCUT2D eigenvalue weighted by molar-refractivity contribution is 5.87. The molecule has 0 aliphatic rings. The molecule has 27 heavy (non-hydrogen) atoms. The Labute approximate surface area is 161 Å². The van der Waals surface area contributed by atoms with Crippen molar-refractivity contribution in [2.45, 2.75) is 39.7 Å². The maximum Gasteiger partial charge on any atom is 0.318 e. The van der Waals surface area contributed by atoms with Gasteiger partial charge in [-0.3, -0.25) is 4.79 Å². The minimum absolute atomic E-state index is 0.0944. The molecule has 1 unspecified atom stereocenters. The van der Waals surface area contributed by atoms with E-state index in [2.05, 4.69) is 29.7 Å². The van der Waals surface area contributed by atoms with Crippen LogP contribution in [0.25, 0.3) is 0 Å². The minimum atomic E-state index is -1.07. The molecule has 0 saturated carbocycles. The molecule has 0 spiro atoms. The van der Waals surface area contributed by atoms with Crippen molar-refractivity contribution < 1.29 is 9.90 Å². The Morgan fingerprint density at radius 2 is 1.56 bits per heavy atom. The summed E-state index contributed by atoms with van der Waals surface area (Å²) in [7, 11) is 0. The molecule has 1 aromatic heterocycles.